The normalized spacial score (nSPS) is 18.0. The number of hydrogen-bond acceptors (Lipinski definition) is 3. The van der Waals surface area contributed by atoms with E-state index in [4.69, 9.17) is 5.73 Å². The van der Waals surface area contributed by atoms with Crippen molar-refractivity contribution in [1.82, 2.24) is 9.78 Å². The zero-order chi connectivity index (χ0) is 12.5. The van der Waals surface area contributed by atoms with Crippen molar-refractivity contribution in [3.05, 3.63) is 47.3 Å². The second-order valence-corrected chi connectivity index (χ2v) is 5.77. The first-order chi connectivity index (χ1) is 8.78. The first-order valence-corrected chi connectivity index (χ1v) is 7.21. The summed E-state index contributed by atoms with van der Waals surface area (Å²) < 4.78 is 2.05. The fourth-order valence-electron chi connectivity index (χ4n) is 2.46. The van der Waals surface area contributed by atoms with E-state index in [1.54, 1.807) is 0 Å². The SMILES string of the molecule is Cc1nn(CC2CSc3ccccc32)cc1CN. The van der Waals surface area contributed by atoms with Crippen LogP contribution in [0.1, 0.15) is 22.7 Å². The van der Waals surface area contributed by atoms with E-state index in [-0.39, 0.29) is 0 Å². The van der Waals surface area contributed by atoms with E-state index < -0.39 is 0 Å². The summed E-state index contributed by atoms with van der Waals surface area (Å²) in [7, 11) is 0. The van der Waals surface area contributed by atoms with E-state index in [9.17, 15) is 0 Å². The second kappa shape index (κ2) is 4.78. The van der Waals surface area contributed by atoms with E-state index in [1.807, 2.05) is 23.4 Å². The van der Waals surface area contributed by atoms with E-state index in [2.05, 4.69) is 35.6 Å². The van der Waals surface area contributed by atoms with Crippen LogP contribution < -0.4 is 5.73 Å². The third-order valence-corrected chi connectivity index (χ3v) is 4.73. The number of benzene rings is 1. The smallest absolute Gasteiger partial charge is 0.0638 e. The van der Waals surface area contributed by atoms with Gasteiger partial charge in [0, 0.05) is 41.4 Å². The topological polar surface area (TPSA) is 43.8 Å². The Kier molecular flexibility index (Phi) is 3.14. The van der Waals surface area contributed by atoms with Crippen molar-refractivity contribution in [1.29, 1.82) is 0 Å². The zero-order valence-corrected chi connectivity index (χ0v) is 11.3. The fourth-order valence-corrected chi connectivity index (χ4v) is 3.70. The summed E-state index contributed by atoms with van der Waals surface area (Å²) >= 11 is 1.95. The number of nitrogens with two attached hydrogens (primary N) is 1. The van der Waals surface area contributed by atoms with E-state index in [0.29, 0.717) is 12.5 Å². The number of thioether (sulfide) groups is 1. The molecular weight excluding hydrogens is 242 g/mol. The molecule has 4 heteroatoms. The molecule has 94 valence electrons. The van der Waals surface area contributed by atoms with Crippen LogP contribution in [-0.2, 0) is 13.1 Å². The molecule has 0 saturated heterocycles. The number of nitrogens with zero attached hydrogens (tertiary/aromatic N) is 2. The Hall–Kier alpha value is -1.26. The highest BCUT2D eigenvalue weighted by atomic mass is 32.2. The van der Waals surface area contributed by atoms with Crippen molar-refractivity contribution < 1.29 is 0 Å². The van der Waals surface area contributed by atoms with Gasteiger partial charge < -0.3 is 5.73 Å². The van der Waals surface area contributed by atoms with Crippen LogP contribution in [0.2, 0.25) is 0 Å². The van der Waals surface area contributed by atoms with Crippen LogP contribution in [0.3, 0.4) is 0 Å². The molecule has 0 amide bonds. The maximum atomic E-state index is 5.69. The highest BCUT2D eigenvalue weighted by molar-refractivity contribution is 7.99. The van der Waals surface area contributed by atoms with Crippen molar-refractivity contribution >= 4 is 11.8 Å². The predicted molar refractivity (Wildman–Crippen MR) is 74.8 cm³/mol. The third-order valence-electron chi connectivity index (χ3n) is 3.47. The minimum absolute atomic E-state index is 0.566. The van der Waals surface area contributed by atoms with Gasteiger partial charge in [-0.05, 0) is 18.6 Å². The first kappa shape index (κ1) is 11.8. The summed E-state index contributed by atoms with van der Waals surface area (Å²) in [6.45, 7) is 3.54. The Morgan fingerprint density at radius 2 is 2.28 bits per heavy atom. The van der Waals surface area contributed by atoms with Crippen LogP contribution in [-0.4, -0.2) is 15.5 Å². The molecule has 1 aliphatic heterocycles. The van der Waals surface area contributed by atoms with Gasteiger partial charge in [-0.15, -0.1) is 11.8 Å². The number of hydrogen-bond donors (Lipinski definition) is 1. The molecule has 1 atom stereocenters. The summed E-state index contributed by atoms with van der Waals surface area (Å²) in [5.74, 6) is 1.71. The molecule has 0 fully saturated rings. The second-order valence-electron chi connectivity index (χ2n) is 4.71. The number of aryl methyl sites for hydroxylation is 1. The molecule has 3 rings (SSSR count). The average molecular weight is 259 g/mol. The van der Waals surface area contributed by atoms with E-state index >= 15 is 0 Å². The van der Waals surface area contributed by atoms with Crippen LogP contribution in [0.25, 0.3) is 0 Å². The van der Waals surface area contributed by atoms with Gasteiger partial charge in [-0.2, -0.15) is 5.10 Å². The van der Waals surface area contributed by atoms with E-state index in [0.717, 1.165) is 23.6 Å². The maximum absolute atomic E-state index is 5.69. The third kappa shape index (κ3) is 2.06. The summed E-state index contributed by atoms with van der Waals surface area (Å²) in [6, 6.07) is 8.68. The quantitative estimate of drug-likeness (QED) is 0.921. The fraction of sp³-hybridized carbons (Fsp3) is 0.357. The lowest BCUT2D eigenvalue weighted by Gasteiger charge is -2.10. The summed E-state index contributed by atoms with van der Waals surface area (Å²) in [4.78, 5) is 1.42. The zero-order valence-electron chi connectivity index (χ0n) is 10.5. The molecule has 1 unspecified atom stereocenters. The van der Waals surface area contributed by atoms with Crippen molar-refractivity contribution in [3.8, 4) is 0 Å². The van der Waals surface area contributed by atoms with Gasteiger partial charge in [0.05, 0.1) is 5.69 Å². The summed E-state index contributed by atoms with van der Waals surface area (Å²) in [5, 5.41) is 4.55. The molecular formula is C14H17N3S. The molecule has 1 aromatic carbocycles. The lowest BCUT2D eigenvalue weighted by atomic mass is 10.0. The van der Waals surface area contributed by atoms with Gasteiger partial charge >= 0.3 is 0 Å². The number of rotatable bonds is 3. The van der Waals surface area contributed by atoms with Crippen molar-refractivity contribution in [2.24, 2.45) is 5.73 Å². The molecule has 0 bridgehead atoms. The minimum Gasteiger partial charge on any atom is -0.326 e. The molecule has 0 aliphatic carbocycles. The van der Waals surface area contributed by atoms with Crippen LogP contribution in [0.4, 0.5) is 0 Å². The molecule has 2 aromatic rings. The van der Waals surface area contributed by atoms with Crippen LogP contribution in [0.15, 0.2) is 35.4 Å². The Balaban J connectivity index is 1.82. The Bertz CT molecular complexity index is 562. The van der Waals surface area contributed by atoms with Gasteiger partial charge in [-0.25, -0.2) is 0 Å². The molecule has 0 spiro atoms. The molecule has 18 heavy (non-hydrogen) atoms. The van der Waals surface area contributed by atoms with E-state index in [1.165, 1.54) is 10.5 Å². The van der Waals surface area contributed by atoms with Crippen LogP contribution >= 0.6 is 11.8 Å². The monoisotopic (exact) mass is 259 g/mol. The molecule has 3 nitrogen and oxygen atoms in total. The molecule has 2 heterocycles. The van der Waals surface area contributed by atoms with Gasteiger partial charge in [0.2, 0.25) is 0 Å². The van der Waals surface area contributed by atoms with Crippen molar-refractivity contribution in [3.63, 3.8) is 0 Å². The van der Waals surface area contributed by atoms with Gasteiger partial charge in [-0.1, -0.05) is 18.2 Å². The van der Waals surface area contributed by atoms with Gasteiger partial charge in [0.25, 0.3) is 0 Å². The van der Waals surface area contributed by atoms with Crippen LogP contribution in [0.5, 0.6) is 0 Å². The highest BCUT2D eigenvalue weighted by Crippen LogP contribution is 2.39. The lowest BCUT2D eigenvalue weighted by molar-refractivity contribution is 0.546. The average Bonchev–Trinajstić information content (AvgIpc) is 2.94. The first-order valence-electron chi connectivity index (χ1n) is 6.22. The molecule has 0 radical (unpaired) electrons. The number of aromatic nitrogens is 2. The Labute approximate surface area is 111 Å². The Morgan fingerprint density at radius 3 is 3.06 bits per heavy atom. The molecule has 0 saturated carbocycles. The minimum atomic E-state index is 0.566. The lowest BCUT2D eigenvalue weighted by Crippen LogP contribution is -2.09. The molecule has 1 aliphatic rings. The van der Waals surface area contributed by atoms with Gasteiger partial charge in [0.1, 0.15) is 0 Å². The predicted octanol–water partition coefficient (Wildman–Crippen LogP) is 2.54. The molecule has 2 N–H and O–H groups in total. The van der Waals surface area contributed by atoms with Gasteiger partial charge in [-0.3, -0.25) is 4.68 Å². The maximum Gasteiger partial charge on any atom is 0.0638 e. The van der Waals surface area contributed by atoms with Crippen molar-refractivity contribution in [2.75, 3.05) is 5.75 Å². The summed E-state index contributed by atoms with van der Waals surface area (Å²) in [5.41, 5.74) is 9.35. The Morgan fingerprint density at radius 1 is 1.44 bits per heavy atom. The molecule has 1 aromatic heterocycles. The highest BCUT2D eigenvalue weighted by Gasteiger charge is 2.23. The van der Waals surface area contributed by atoms with Gasteiger partial charge in [0.15, 0.2) is 0 Å². The van der Waals surface area contributed by atoms with Crippen LogP contribution in [0, 0.1) is 6.92 Å². The number of fused-ring (bicyclic) bond motifs is 1. The standard InChI is InChI=1S/C14H17N3S/c1-10-11(6-15)7-17(16-10)8-12-9-18-14-5-3-2-4-13(12)14/h2-5,7,12H,6,8-9,15H2,1H3. The summed E-state index contributed by atoms with van der Waals surface area (Å²) in [6.07, 6.45) is 2.08. The largest absolute Gasteiger partial charge is 0.326 e. The van der Waals surface area contributed by atoms with Crippen molar-refractivity contribution in [2.45, 2.75) is 30.8 Å².